The SMILES string of the molecule is C=CCOC(=O)O[C@@]12CCC(=O)C3Oc4c(OC)ccc5c4[C@@]31CCN(C(=O)OCC=C)[C@@H]2C5. The van der Waals surface area contributed by atoms with Crippen molar-refractivity contribution >= 4 is 18.0 Å². The number of carbonyl (C=O) groups excluding carboxylic acids is 3. The molecule has 0 radical (unpaired) electrons. The van der Waals surface area contributed by atoms with Crippen LogP contribution in [0.25, 0.3) is 0 Å². The van der Waals surface area contributed by atoms with Crippen LogP contribution in [0.3, 0.4) is 0 Å². The molecule has 1 amide bonds. The molecule has 5 rings (SSSR count). The molecule has 1 saturated carbocycles. The predicted molar refractivity (Wildman–Crippen MR) is 119 cm³/mol. The van der Waals surface area contributed by atoms with E-state index in [0.717, 1.165) is 11.1 Å². The highest BCUT2D eigenvalue weighted by Gasteiger charge is 2.76. The highest BCUT2D eigenvalue weighted by Crippen LogP contribution is 2.66. The first kappa shape index (κ1) is 22.3. The molecule has 2 heterocycles. The molecule has 2 aliphatic heterocycles. The van der Waals surface area contributed by atoms with Crippen LogP contribution >= 0.6 is 0 Å². The number of hydrogen-bond donors (Lipinski definition) is 0. The van der Waals surface area contributed by atoms with E-state index in [-0.39, 0.29) is 31.8 Å². The second-order valence-electron chi connectivity index (χ2n) is 8.94. The Hall–Kier alpha value is -3.49. The minimum Gasteiger partial charge on any atom is -0.493 e. The first-order valence-corrected chi connectivity index (χ1v) is 11.3. The highest BCUT2D eigenvalue weighted by molar-refractivity contribution is 5.90. The Labute approximate surface area is 197 Å². The molecule has 9 nitrogen and oxygen atoms in total. The van der Waals surface area contributed by atoms with Crippen molar-refractivity contribution in [3.05, 3.63) is 48.6 Å². The zero-order valence-corrected chi connectivity index (χ0v) is 19.0. The van der Waals surface area contributed by atoms with E-state index in [1.807, 2.05) is 6.07 Å². The summed E-state index contributed by atoms with van der Waals surface area (Å²) in [4.78, 5) is 40.7. The Balaban J connectivity index is 1.69. The van der Waals surface area contributed by atoms with Crippen molar-refractivity contribution in [2.45, 2.75) is 48.8 Å². The zero-order chi connectivity index (χ0) is 24.1. The van der Waals surface area contributed by atoms with E-state index in [4.69, 9.17) is 23.7 Å². The molecular formula is C25H27NO8. The van der Waals surface area contributed by atoms with E-state index in [1.54, 1.807) is 18.1 Å². The molecule has 2 aliphatic carbocycles. The molecule has 1 unspecified atom stereocenters. The lowest BCUT2D eigenvalue weighted by Gasteiger charge is -2.62. The van der Waals surface area contributed by atoms with Crippen LogP contribution in [-0.2, 0) is 30.8 Å². The summed E-state index contributed by atoms with van der Waals surface area (Å²) < 4.78 is 28.6. The zero-order valence-electron chi connectivity index (χ0n) is 19.0. The lowest BCUT2D eigenvalue weighted by Crippen LogP contribution is -2.78. The number of methoxy groups -OCH3 is 1. The average molecular weight is 469 g/mol. The van der Waals surface area contributed by atoms with Gasteiger partial charge in [-0.1, -0.05) is 31.4 Å². The van der Waals surface area contributed by atoms with E-state index in [2.05, 4.69) is 13.2 Å². The van der Waals surface area contributed by atoms with Gasteiger partial charge in [-0.3, -0.25) is 4.79 Å². The smallest absolute Gasteiger partial charge is 0.493 e. The topological polar surface area (TPSA) is 101 Å². The molecule has 0 aromatic heterocycles. The molecule has 4 atom stereocenters. The van der Waals surface area contributed by atoms with Crippen LogP contribution in [0, 0.1) is 0 Å². The second kappa shape index (κ2) is 8.07. The molecule has 2 bridgehead atoms. The number of amides is 1. The minimum atomic E-state index is -1.24. The van der Waals surface area contributed by atoms with E-state index in [0.29, 0.717) is 30.9 Å². The predicted octanol–water partition coefficient (Wildman–Crippen LogP) is 3.09. The summed E-state index contributed by atoms with van der Waals surface area (Å²) in [6, 6.07) is 3.16. The van der Waals surface area contributed by atoms with E-state index in [9.17, 15) is 14.4 Å². The highest BCUT2D eigenvalue weighted by atomic mass is 16.7. The average Bonchev–Trinajstić information content (AvgIpc) is 3.18. The van der Waals surface area contributed by atoms with Gasteiger partial charge in [0.15, 0.2) is 29.0 Å². The summed E-state index contributed by atoms with van der Waals surface area (Å²) in [7, 11) is 1.54. The number of piperidine rings is 1. The quantitative estimate of drug-likeness (QED) is 0.463. The van der Waals surface area contributed by atoms with Crippen molar-refractivity contribution in [3.8, 4) is 11.5 Å². The molecule has 0 N–H and O–H groups in total. The Morgan fingerprint density at radius 3 is 2.71 bits per heavy atom. The molecule has 1 aromatic carbocycles. The summed E-state index contributed by atoms with van der Waals surface area (Å²) in [5.41, 5.74) is -0.443. The number of ketones is 1. The molecule has 34 heavy (non-hydrogen) atoms. The van der Waals surface area contributed by atoms with Gasteiger partial charge in [0.2, 0.25) is 0 Å². The number of carbonyl (C=O) groups is 3. The van der Waals surface area contributed by atoms with Gasteiger partial charge < -0.3 is 28.6 Å². The van der Waals surface area contributed by atoms with Gasteiger partial charge >= 0.3 is 12.2 Å². The summed E-state index contributed by atoms with van der Waals surface area (Å²) >= 11 is 0. The molecular weight excluding hydrogens is 442 g/mol. The Kier molecular flexibility index (Phi) is 5.30. The maximum absolute atomic E-state index is 13.2. The number of ether oxygens (including phenoxy) is 5. The molecule has 9 heteroatoms. The number of likely N-dealkylation sites (tertiary alicyclic amines) is 1. The summed E-state index contributed by atoms with van der Waals surface area (Å²) in [6.45, 7) is 7.53. The van der Waals surface area contributed by atoms with Gasteiger partial charge in [-0.05, 0) is 30.9 Å². The Morgan fingerprint density at radius 1 is 1.21 bits per heavy atom. The Bertz CT molecular complexity index is 1080. The molecule has 1 saturated heterocycles. The van der Waals surface area contributed by atoms with Crippen LogP contribution in [0.15, 0.2) is 37.4 Å². The van der Waals surface area contributed by atoms with Crippen molar-refractivity contribution in [1.82, 2.24) is 4.90 Å². The lowest BCUT2D eigenvalue weighted by molar-refractivity contribution is -0.191. The third-order valence-corrected chi connectivity index (χ3v) is 7.57. The van der Waals surface area contributed by atoms with Crippen LogP contribution < -0.4 is 9.47 Å². The van der Waals surface area contributed by atoms with Crippen LogP contribution in [0.5, 0.6) is 11.5 Å². The summed E-state index contributed by atoms with van der Waals surface area (Å²) in [6.07, 6.45) is 1.82. The van der Waals surface area contributed by atoms with Crippen LogP contribution in [0.1, 0.15) is 30.4 Å². The maximum Gasteiger partial charge on any atom is 0.509 e. The first-order chi connectivity index (χ1) is 16.4. The van der Waals surface area contributed by atoms with Gasteiger partial charge in [0.25, 0.3) is 0 Å². The molecule has 1 aromatic rings. The fourth-order valence-electron chi connectivity index (χ4n) is 6.39. The fraction of sp³-hybridized carbons (Fsp3) is 0.480. The number of hydrogen-bond acceptors (Lipinski definition) is 8. The van der Waals surface area contributed by atoms with E-state index < -0.39 is 35.4 Å². The molecule has 180 valence electrons. The standard InChI is InChI=1S/C25H27NO8/c1-4-12-31-22(28)26-11-10-24-19-15-6-7-17(30-3)20(19)33-21(24)16(27)8-9-25(24,18(26)14-15)34-23(29)32-13-5-2/h4-7,18,21H,1-2,8-14H2,3H3/t18-,21?,24+,25-/m1/s1. The second-order valence-corrected chi connectivity index (χ2v) is 8.94. The third-order valence-electron chi connectivity index (χ3n) is 7.57. The van der Waals surface area contributed by atoms with Crippen molar-refractivity contribution in [1.29, 1.82) is 0 Å². The van der Waals surface area contributed by atoms with Crippen molar-refractivity contribution in [3.63, 3.8) is 0 Å². The van der Waals surface area contributed by atoms with Gasteiger partial charge in [-0.2, -0.15) is 0 Å². The van der Waals surface area contributed by atoms with Crippen LogP contribution in [-0.4, -0.2) is 67.5 Å². The van der Waals surface area contributed by atoms with Crippen molar-refractivity contribution < 1.29 is 38.1 Å². The first-order valence-electron chi connectivity index (χ1n) is 11.3. The number of benzene rings is 1. The lowest BCUT2D eigenvalue weighted by atomic mass is 9.49. The fourth-order valence-corrected chi connectivity index (χ4v) is 6.39. The molecule has 2 fully saturated rings. The van der Waals surface area contributed by atoms with Gasteiger partial charge in [-0.25, -0.2) is 9.59 Å². The normalized spacial score (nSPS) is 29.9. The third kappa shape index (κ3) is 2.82. The van der Waals surface area contributed by atoms with Gasteiger partial charge in [0.1, 0.15) is 13.2 Å². The van der Waals surface area contributed by atoms with Gasteiger partial charge in [-0.15, -0.1) is 0 Å². The van der Waals surface area contributed by atoms with Gasteiger partial charge in [0, 0.05) is 18.5 Å². The summed E-state index contributed by atoms with van der Waals surface area (Å²) in [5.74, 6) is 0.963. The van der Waals surface area contributed by atoms with Crippen molar-refractivity contribution in [2.75, 3.05) is 26.9 Å². The maximum atomic E-state index is 13.2. The summed E-state index contributed by atoms with van der Waals surface area (Å²) in [5, 5.41) is 0. The molecule has 1 spiro atoms. The van der Waals surface area contributed by atoms with E-state index >= 15 is 0 Å². The van der Waals surface area contributed by atoms with Crippen LogP contribution in [0.4, 0.5) is 9.59 Å². The van der Waals surface area contributed by atoms with E-state index in [1.165, 1.54) is 12.2 Å². The number of rotatable bonds is 6. The Morgan fingerprint density at radius 2 is 1.97 bits per heavy atom. The van der Waals surface area contributed by atoms with Gasteiger partial charge in [0.05, 0.1) is 18.6 Å². The minimum absolute atomic E-state index is 0.0216. The molecule has 4 aliphatic rings. The van der Waals surface area contributed by atoms with Crippen molar-refractivity contribution in [2.24, 2.45) is 0 Å². The largest absolute Gasteiger partial charge is 0.509 e. The monoisotopic (exact) mass is 469 g/mol. The number of Topliss-reactive ketones (excluding diaryl/α,β-unsaturated/α-hetero) is 1. The number of nitrogens with zero attached hydrogens (tertiary/aromatic N) is 1. The van der Waals surface area contributed by atoms with Crippen LogP contribution in [0.2, 0.25) is 0 Å².